The van der Waals surface area contributed by atoms with Crippen LogP contribution in [-0.4, -0.2) is 20.5 Å². The van der Waals surface area contributed by atoms with Gasteiger partial charge in [-0.05, 0) is 42.4 Å². The van der Waals surface area contributed by atoms with E-state index in [0.29, 0.717) is 17.7 Å². The highest BCUT2D eigenvalue weighted by atomic mass is 32.2. The summed E-state index contributed by atoms with van der Waals surface area (Å²) in [6, 6.07) is 17.1. The molecule has 2 atom stereocenters. The summed E-state index contributed by atoms with van der Waals surface area (Å²) in [5.74, 6) is -0.299. The zero-order valence-electron chi connectivity index (χ0n) is 15.6. The van der Waals surface area contributed by atoms with Gasteiger partial charge in [0.2, 0.25) is 0 Å². The molecule has 0 radical (unpaired) electrons. The smallest absolute Gasteiger partial charge is 0.178 e. The number of rotatable bonds is 10. The van der Waals surface area contributed by atoms with Crippen molar-refractivity contribution in [3.8, 4) is 0 Å². The molecule has 3 nitrogen and oxygen atoms in total. The first-order chi connectivity index (χ1) is 12.5. The summed E-state index contributed by atoms with van der Waals surface area (Å²) < 4.78 is 26.3. The average Bonchev–Trinajstić information content (AvgIpc) is 2.64. The van der Waals surface area contributed by atoms with Crippen LogP contribution in [0.15, 0.2) is 59.5 Å². The first-order valence-electron chi connectivity index (χ1n) is 9.31. The highest BCUT2D eigenvalue weighted by molar-refractivity contribution is 7.91. The fraction of sp³-hybridized carbons (Fsp3) is 0.409. The van der Waals surface area contributed by atoms with E-state index < -0.39 is 9.84 Å². The molecule has 0 spiro atoms. The van der Waals surface area contributed by atoms with Gasteiger partial charge in [0.25, 0.3) is 0 Å². The molecule has 0 bridgehead atoms. The van der Waals surface area contributed by atoms with Crippen LogP contribution in [-0.2, 0) is 21.1 Å². The largest absolute Gasteiger partial charge is 0.303 e. The summed E-state index contributed by atoms with van der Waals surface area (Å²) in [4.78, 5) is 11.8. The Balaban J connectivity index is 2.32. The van der Waals surface area contributed by atoms with Gasteiger partial charge >= 0.3 is 0 Å². The molecule has 0 heterocycles. The van der Waals surface area contributed by atoms with E-state index in [2.05, 4.69) is 0 Å². The lowest BCUT2D eigenvalue weighted by atomic mass is 9.89. The summed E-state index contributed by atoms with van der Waals surface area (Å²) >= 11 is 0. The van der Waals surface area contributed by atoms with Gasteiger partial charge in [0.05, 0.1) is 10.6 Å². The van der Waals surface area contributed by atoms with Crippen molar-refractivity contribution in [2.45, 2.75) is 44.4 Å². The SMILES string of the molecule is CCCC(CS(=O)(=O)c1ccccc1Cc1ccccc1)C(C=O)CC. The first-order valence-corrected chi connectivity index (χ1v) is 11.0. The highest BCUT2D eigenvalue weighted by Gasteiger charge is 2.27. The van der Waals surface area contributed by atoms with Crippen LogP contribution in [0.4, 0.5) is 0 Å². The number of hydrogen-bond acceptors (Lipinski definition) is 3. The van der Waals surface area contributed by atoms with Crippen LogP contribution in [0, 0.1) is 11.8 Å². The van der Waals surface area contributed by atoms with Gasteiger partial charge in [-0.3, -0.25) is 0 Å². The molecule has 140 valence electrons. The second-order valence-electron chi connectivity index (χ2n) is 6.81. The zero-order chi connectivity index (χ0) is 19.0. The fourth-order valence-corrected chi connectivity index (χ4v) is 5.46. The van der Waals surface area contributed by atoms with Crippen molar-refractivity contribution in [2.75, 3.05) is 5.75 Å². The van der Waals surface area contributed by atoms with Crippen LogP contribution in [0.1, 0.15) is 44.2 Å². The Hall–Kier alpha value is -1.94. The summed E-state index contributed by atoms with van der Waals surface area (Å²) in [6.07, 6.45) is 3.80. The van der Waals surface area contributed by atoms with Crippen molar-refractivity contribution >= 4 is 16.1 Å². The number of carbonyl (C=O) groups excluding carboxylic acids is 1. The maximum absolute atomic E-state index is 13.1. The third-order valence-electron chi connectivity index (χ3n) is 4.89. The molecule has 0 amide bonds. The molecule has 2 aromatic rings. The highest BCUT2D eigenvalue weighted by Crippen LogP contribution is 2.27. The standard InChI is InChI=1S/C22H28O3S/c1-3-10-21(19(4-2)16-23)17-26(24,25)22-14-9-8-13-20(22)15-18-11-6-5-7-12-18/h5-9,11-14,16,19,21H,3-4,10,15,17H2,1-2H3. The van der Waals surface area contributed by atoms with E-state index in [0.717, 1.165) is 30.3 Å². The lowest BCUT2D eigenvalue weighted by Gasteiger charge is -2.22. The summed E-state index contributed by atoms with van der Waals surface area (Å²) in [5.41, 5.74) is 1.90. The van der Waals surface area contributed by atoms with Crippen molar-refractivity contribution in [3.05, 3.63) is 65.7 Å². The number of benzene rings is 2. The number of hydrogen-bond donors (Lipinski definition) is 0. The molecule has 0 aliphatic rings. The summed E-state index contributed by atoms with van der Waals surface area (Å²) in [5, 5.41) is 0. The van der Waals surface area contributed by atoms with Gasteiger partial charge in [0.15, 0.2) is 9.84 Å². The Kier molecular flexibility index (Phi) is 7.58. The van der Waals surface area contributed by atoms with Gasteiger partial charge < -0.3 is 4.79 Å². The summed E-state index contributed by atoms with van der Waals surface area (Å²) in [7, 11) is -3.46. The van der Waals surface area contributed by atoms with E-state index in [4.69, 9.17) is 0 Å². The molecule has 2 aromatic carbocycles. The van der Waals surface area contributed by atoms with Crippen molar-refractivity contribution < 1.29 is 13.2 Å². The third kappa shape index (κ3) is 5.28. The molecular formula is C22H28O3S. The van der Waals surface area contributed by atoms with Crippen LogP contribution >= 0.6 is 0 Å². The predicted octanol–water partition coefficient (Wildman–Crippen LogP) is 4.69. The maximum atomic E-state index is 13.1. The van der Waals surface area contributed by atoms with Gasteiger partial charge in [0.1, 0.15) is 6.29 Å². The molecule has 0 aromatic heterocycles. The Morgan fingerprint density at radius 1 is 0.962 bits per heavy atom. The normalized spacial score (nSPS) is 13.9. The second kappa shape index (κ2) is 9.67. The molecule has 0 saturated heterocycles. The Morgan fingerprint density at radius 2 is 1.62 bits per heavy atom. The van der Waals surface area contributed by atoms with E-state index in [9.17, 15) is 13.2 Å². The van der Waals surface area contributed by atoms with E-state index >= 15 is 0 Å². The molecule has 0 aliphatic heterocycles. The van der Waals surface area contributed by atoms with Crippen molar-refractivity contribution in [1.29, 1.82) is 0 Å². The van der Waals surface area contributed by atoms with Crippen molar-refractivity contribution in [3.63, 3.8) is 0 Å². The van der Waals surface area contributed by atoms with Crippen molar-refractivity contribution in [1.82, 2.24) is 0 Å². The van der Waals surface area contributed by atoms with Crippen molar-refractivity contribution in [2.24, 2.45) is 11.8 Å². The number of sulfone groups is 1. The molecule has 0 fully saturated rings. The molecule has 0 aliphatic carbocycles. The van der Waals surface area contributed by atoms with E-state index in [1.54, 1.807) is 12.1 Å². The van der Waals surface area contributed by atoms with Gasteiger partial charge in [-0.15, -0.1) is 0 Å². The van der Waals surface area contributed by atoms with E-state index in [1.165, 1.54) is 0 Å². The molecule has 2 unspecified atom stereocenters. The van der Waals surface area contributed by atoms with Crippen LogP contribution in [0.2, 0.25) is 0 Å². The molecule has 26 heavy (non-hydrogen) atoms. The molecule has 0 saturated carbocycles. The minimum absolute atomic E-state index is 0.0316. The predicted molar refractivity (Wildman–Crippen MR) is 106 cm³/mol. The number of aldehydes is 1. The maximum Gasteiger partial charge on any atom is 0.178 e. The van der Waals surface area contributed by atoms with Gasteiger partial charge in [-0.1, -0.05) is 68.8 Å². The monoisotopic (exact) mass is 372 g/mol. The topological polar surface area (TPSA) is 51.2 Å². The van der Waals surface area contributed by atoms with Gasteiger partial charge in [-0.25, -0.2) is 8.42 Å². The Morgan fingerprint density at radius 3 is 2.23 bits per heavy atom. The van der Waals surface area contributed by atoms with E-state index in [-0.39, 0.29) is 17.6 Å². The Bertz CT molecular complexity index is 797. The van der Waals surface area contributed by atoms with Gasteiger partial charge in [-0.2, -0.15) is 0 Å². The molecular weight excluding hydrogens is 344 g/mol. The molecule has 4 heteroatoms. The molecule has 0 N–H and O–H groups in total. The van der Waals surface area contributed by atoms with Crippen LogP contribution in [0.3, 0.4) is 0 Å². The van der Waals surface area contributed by atoms with Gasteiger partial charge in [0, 0.05) is 5.92 Å². The quantitative estimate of drug-likeness (QED) is 0.568. The van der Waals surface area contributed by atoms with E-state index in [1.807, 2.05) is 56.3 Å². The Labute approximate surface area is 157 Å². The third-order valence-corrected chi connectivity index (χ3v) is 6.83. The van der Waals surface area contributed by atoms with Crippen LogP contribution in [0.5, 0.6) is 0 Å². The number of carbonyl (C=O) groups is 1. The van der Waals surface area contributed by atoms with Crippen LogP contribution < -0.4 is 0 Å². The zero-order valence-corrected chi connectivity index (χ0v) is 16.4. The minimum atomic E-state index is -3.46. The van der Waals surface area contributed by atoms with Crippen LogP contribution in [0.25, 0.3) is 0 Å². The second-order valence-corrected chi connectivity index (χ2v) is 8.81. The fourth-order valence-electron chi connectivity index (χ4n) is 3.47. The summed E-state index contributed by atoms with van der Waals surface area (Å²) in [6.45, 7) is 3.97. The first kappa shape index (κ1) is 20.4. The lowest BCUT2D eigenvalue weighted by Crippen LogP contribution is -2.25. The minimum Gasteiger partial charge on any atom is -0.303 e. The molecule has 2 rings (SSSR count). The average molecular weight is 373 g/mol. The lowest BCUT2D eigenvalue weighted by molar-refractivity contribution is -0.112.